The lowest BCUT2D eigenvalue weighted by molar-refractivity contribution is -0.166. The van der Waals surface area contributed by atoms with Crippen LogP contribution >= 0.6 is 0 Å². The summed E-state index contributed by atoms with van der Waals surface area (Å²) >= 11 is 0. The molecule has 0 rings (SSSR count). The Morgan fingerprint density at radius 2 is 0.507 bits per heavy atom. The maximum atomic E-state index is 12.8. The van der Waals surface area contributed by atoms with Crippen molar-refractivity contribution in [2.24, 2.45) is 0 Å². The zero-order chi connectivity index (χ0) is 54.3. The van der Waals surface area contributed by atoms with Crippen molar-refractivity contribution in [3.05, 3.63) is 207 Å². The van der Waals surface area contributed by atoms with Gasteiger partial charge in [-0.05, 0) is 148 Å². The van der Waals surface area contributed by atoms with E-state index < -0.39 is 12.1 Å². The SMILES string of the molecule is CC/C=C\C/C=C\C/C=C\C/C=C\C/C=C\C/C=C\C/C=C\CCCC(=O)OCC(COC(=O)CCCC/C=C\C/C=C\C/C=C\C/C=C\CC)OC(=O)CC/C=C\C/C=C\C/C=C\C/C=C\C/C=C\C/C=C\CC. The number of ether oxygens (including phenoxy) is 3. The van der Waals surface area contributed by atoms with Crippen LogP contribution in [0.5, 0.6) is 0 Å². The average Bonchev–Trinajstić information content (AvgIpc) is 3.41. The van der Waals surface area contributed by atoms with Crippen LogP contribution in [0.25, 0.3) is 0 Å². The standard InChI is InChI=1S/C69H100O6/c1-4-7-10-13-16-19-22-25-28-30-32-33-34-35-37-38-41-44-47-50-53-56-59-62-68(71)74-65-66(64-73-67(70)61-58-55-52-49-46-43-40-27-24-21-18-15-12-9-6-3)75-69(72)63-60-57-54-51-48-45-42-39-36-31-29-26-23-20-17-14-11-8-5-2/h7-12,16-21,25-29,32-33,35-37,39-41,44-46,48-50,53-54,57,66H,4-6,13-15,22-24,30-31,34,38,42-43,47,51-52,55-56,58-65H2,1-3H3/b10-7-,11-8-,12-9-,19-16-,20-17-,21-18-,28-25-,29-26-,33-32-,37-35-,39-36-,40-27-,44-41-,48-45-,49-46-,53-50-,57-54-. The molecule has 0 amide bonds. The Bertz CT molecular complexity index is 1900. The fraction of sp³-hybridized carbons (Fsp3) is 0.464. The van der Waals surface area contributed by atoms with E-state index in [1.807, 2.05) is 12.2 Å². The number of rotatable bonds is 48. The first kappa shape index (κ1) is 69.0. The molecular formula is C69H100O6. The maximum absolute atomic E-state index is 12.8. The van der Waals surface area contributed by atoms with Crippen molar-refractivity contribution in [1.82, 2.24) is 0 Å². The number of hydrogen-bond donors (Lipinski definition) is 0. The molecule has 0 heterocycles. The number of unbranched alkanes of at least 4 members (excludes halogenated alkanes) is 3. The second-order valence-corrected chi connectivity index (χ2v) is 17.7. The quantitative estimate of drug-likeness (QED) is 0.0261. The van der Waals surface area contributed by atoms with Gasteiger partial charge in [-0.2, -0.15) is 0 Å². The third-order valence-electron chi connectivity index (χ3n) is 10.8. The van der Waals surface area contributed by atoms with Gasteiger partial charge in [-0.3, -0.25) is 14.4 Å². The summed E-state index contributed by atoms with van der Waals surface area (Å²) in [5, 5.41) is 0. The summed E-state index contributed by atoms with van der Waals surface area (Å²) in [4.78, 5) is 38.1. The van der Waals surface area contributed by atoms with E-state index in [9.17, 15) is 14.4 Å². The van der Waals surface area contributed by atoms with Crippen molar-refractivity contribution in [3.8, 4) is 0 Å². The smallest absolute Gasteiger partial charge is 0.306 e. The molecule has 0 fully saturated rings. The van der Waals surface area contributed by atoms with Gasteiger partial charge in [-0.1, -0.05) is 227 Å². The second-order valence-electron chi connectivity index (χ2n) is 17.7. The third kappa shape index (κ3) is 58.7. The first-order valence-corrected chi connectivity index (χ1v) is 28.6. The van der Waals surface area contributed by atoms with Gasteiger partial charge in [-0.25, -0.2) is 0 Å². The van der Waals surface area contributed by atoms with Gasteiger partial charge in [0.15, 0.2) is 6.10 Å². The van der Waals surface area contributed by atoms with Crippen molar-refractivity contribution in [1.29, 1.82) is 0 Å². The van der Waals surface area contributed by atoms with E-state index in [2.05, 4.69) is 215 Å². The summed E-state index contributed by atoms with van der Waals surface area (Å²) in [7, 11) is 0. The summed E-state index contributed by atoms with van der Waals surface area (Å²) in [6, 6.07) is 0. The van der Waals surface area contributed by atoms with Gasteiger partial charge in [0.05, 0.1) is 0 Å². The molecule has 0 aromatic carbocycles. The van der Waals surface area contributed by atoms with E-state index in [4.69, 9.17) is 14.2 Å². The van der Waals surface area contributed by atoms with Crippen molar-refractivity contribution in [3.63, 3.8) is 0 Å². The van der Waals surface area contributed by atoms with E-state index in [-0.39, 0.29) is 44.4 Å². The number of allylic oxidation sites excluding steroid dienone is 34. The summed E-state index contributed by atoms with van der Waals surface area (Å²) in [6.07, 6.45) is 94.1. The van der Waals surface area contributed by atoms with Crippen LogP contribution in [0.1, 0.15) is 188 Å². The van der Waals surface area contributed by atoms with E-state index in [0.717, 1.165) is 128 Å². The molecule has 0 aromatic rings. The molecule has 75 heavy (non-hydrogen) atoms. The molecule has 412 valence electrons. The Kier molecular flexibility index (Phi) is 55.7. The van der Waals surface area contributed by atoms with E-state index in [0.29, 0.717) is 19.3 Å². The summed E-state index contributed by atoms with van der Waals surface area (Å²) < 4.78 is 16.7. The van der Waals surface area contributed by atoms with Gasteiger partial charge in [0.1, 0.15) is 13.2 Å². The van der Waals surface area contributed by atoms with Crippen LogP contribution in [-0.4, -0.2) is 37.2 Å². The molecule has 1 atom stereocenters. The van der Waals surface area contributed by atoms with Crippen LogP contribution in [0.4, 0.5) is 0 Å². The second kappa shape index (κ2) is 60.5. The average molecular weight is 1030 g/mol. The highest BCUT2D eigenvalue weighted by molar-refractivity contribution is 5.71. The van der Waals surface area contributed by atoms with Crippen LogP contribution in [0.3, 0.4) is 0 Å². The highest BCUT2D eigenvalue weighted by atomic mass is 16.6. The zero-order valence-electron chi connectivity index (χ0n) is 47.0. The predicted molar refractivity (Wildman–Crippen MR) is 324 cm³/mol. The molecule has 6 heteroatoms. The van der Waals surface area contributed by atoms with Gasteiger partial charge in [0, 0.05) is 19.3 Å². The van der Waals surface area contributed by atoms with Gasteiger partial charge < -0.3 is 14.2 Å². The number of hydrogen-bond acceptors (Lipinski definition) is 6. The molecule has 0 bridgehead atoms. The molecule has 1 unspecified atom stereocenters. The molecular weight excluding hydrogens is 925 g/mol. The van der Waals surface area contributed by atoms with E-state index in [1.54, 1.807) is 0 Å². The highest BCUT2D eigenvalue weighted by Gasteiger charge is 2.19. The molecule has 0 aromatic heterocycles. The Hall–Kier alpha value is -6.01. The zero-order valence-corrected chi connectivity index (χ0v) is 47.0. The highest BCUT2D eigenvalue weighted by Crippen LogP contribution is 2.09. The summed E-state index contributed by atoms with van der Waals surface area (Å²) in [6.45, 7) is 6.11. The molecule has 0 spiro atoms. The van der Waals surface area contributed by atoms with Crippen molar-refractivity contribution < 1.29 is 28.6 Å². The molecule has 0 saturated carbocycles. The molecule has 0 aliphatic heterocycles. The van der Waals surface area contributed by atoms with Crippen LogP contribution in [0, 0.1) is 0 Å². The lowest BCUT2D eigenvalue weighted by Gasteiger charge is -2.18. The van der Waals surface area contributed by atoms with Crippen LogP contribution in [0.2, 0.25) is 0 Å². The monoisotopic (exact) mass is 1020 g/mol. The molecule has 0 aliphatic rings. The van der Waals surface area contributed by atoms with Crippen molar-refractivity contribution in [2.45, 2.75) is 194 Å². The first-order valence-electron chi connectivity index (χ1n) is 28.6. The Balaban J connectivity index is 4.70. The minimum Gasteiger partial charge on any atom is -0.462 e. The van der Waals surface area contributed by atoms with E-state index in [1.165, 1.54) is 0 Å². The van der Waals surface area contributed by atoms with Gasteiger partial charge >= 0.3 is 17.9 Å². The van der Waals surface area contributed by atoms with Gasteiger partial charge in [-0.15, -0.1) is 0 Å². The van der Waals surface area contributed by atoms with Gasteiger partial charge in [0.25, 0.3) is 0 Å². The molecule has 0 radical (unpaired) electrons. The van der Waals surface area contributed by atoms with Crippen molar-refractivity contribution >= 4 is 17.9 Å². The first-order chi connectivity index (χ1) is 37.0. The lowest BCUT2D eigenvalue weighted by atomic mass is 10.2. The fourth-order valence-corrected chi connectivity index (χ4v) is 6.62. The predicted octanol–water partition coefficient (Wildman–Crippen LogP) is 19.6. The molecule has 6 nitrogen and oxygen atoms in total. The molecule has 0 N–H and O–H groups in total. The minimum absolute atomic E-state index is 0.161. The van der Waals surface area contributed by atoms with Crippen molar-refractivity contribution in [2.75, 3.05) is 13.2 Å². The Morgan fingerprint density at radius 1 is 0.267 bits per heavy atom. The number of esters is 3. The summed E-state index contributed by atoms with van der Waals surface area (Å²) in [5.74, 6) is -1.16. The van der Waals surface area contributed by atoms with Crippen LogP contribution in [0.15, 0.2) is 207 Å². The number of carbonyl (C=O) groups is 3. The largest absolute Gasteiger partial charge is 0.462 e. The Labute approximate surface area is 458 Å². The van der Waals surface area contributed by atoms with Crippen LogP contribution < -0.4 is 0 Å². The fourth-order valence-electron chi connectivity index (χ4n) is 6.62. The molecule has 0 aliphatic carbocycles. The Morgan fingerprint density at radius 3 is 0.800 bits per heavy atom. The normalized spacial score (nSPS) is 13.7. The maximum Gasteiger partial charge on any atom is 0.306 e. The number of carbonyl (C=O) groups excluding carboxylic acids is 3. The molecule has 0 saturated heterocycles. The third-order valence-corrected chi connectivity index (χ3v) is 10.8. The van der Waals surface area contributed by atoms with Crippen LogP contribution in [-0.2, 0) is 28.6 Å². The van der Waals surface area contributed by atoms with Gasteiger partial charge in [0.2, 0.25) is 0 Å². The minimum atomic E-state index is -0.874. The topological polar surface area (TPSA) is 78.9 Å². The van der Waals surface area contributed by atoms with E-state index >= 15 is 0 Å². The summed E-state index contributed by atoms with van der Waals surface area (Å²) in [5.41, 5.74) is 0. The lowest BCUT2D eigenvalue weighted by Crippen LogP contribution is -2.30.